The number of Topliss-reactive ketones (excluding diaryl/α,β-unsaturated/α-hetero) is 1. The molecular weight excluding hydrogens is 410 g/mol. The lowest BCUT2D eigenvalue weighted by molar-refractivity contribution is -0.116. The SMILES string of the molecule is CCSc1nnc(N2C(N)=C(C#N)C(c3sccc3C)C3=C2CCCC3=O)s1. The van der Waals surface area contributed by atoms with Gasteiger partial charge < -0.3 is 5.73 Å². The van der Waals surface area contributed by atoms with Crippen LogP contribution in [0.2, 0.25) is 0 Å². The highest BCUT2D eigenvalue weighted by Crippen LogP contribution is 2.48. The smallest absolute Gasteiger partial charge is 0.219 e. The predicted octanol–water partition coefficient (Wildman–Crippen LogP) is 4.32. The van der Waals surface area contributed by atoms with E-state index in [9.17, 15) is 10.1 Å². The molecule has 1 aliphatic heterocycles. The summed E-state index contributed by atoms with van der Waals surface area (Å²) < 4.78 is 0.851. The molecule has 2 aromatic heterocycles. The van der Waals surface area contributed by atoms with Gasteiger partial charge in [-0.05, 0) is 42.5 Å². The van der Waals surface area contributed by atoms with Crippen LogP contribution in [0.15, 0.2) is 38.5 Å². The Hall–Kier alpha value is -2.15. The third-order valence-corrected chi connectivity index (χ3v) is 7.94. The summed E-state index contributed by atoms with van der Waals surface area (Å²) in [5.41, 5.74) is 9.58. The van der Waals surface area contributed by atoms with E-state index in [1.54, 1.807) is 28.0 Å². The number of thiophene rings is 1. The molecule has 2 N–H and O–H groups in total. The van der Waals surface area contributed by atoms with Crippen LogP contribution in [0, 0.1) is 18.3 Å². The molecule has 6 nitrogen and oxygen atoms in total. The maximum atomic E-state index is 13.0. The number of allylic oxidation sites excluding steroid dienone is 3. The van der Waals surface area contributed by atoms with Gasteiger partial charge in [-0.3, -0.25) is 9.69 Å². The summed E-state index contributed by atoms with van der Waals surface area (Å²) in [7, 11) is 0. The summed E-state index contributed by atoms with van der Waals surface area (Å²) in [6, 6.07) is 4.31. The van der Waals surface area contributed by atoms with E-state index in [-0.39, 0.29) is 11.7 Å². The first-order valence-electron chi connectivity index (χ1n) is 9.03. The molecule has 0 saturated heterocycles. The van der Waals surface area contributed by atoms with Crippen LogP contribution in [0.25, 0.3) is 0 Å². The number of hydrogen-bond acceptors (Lipinski definition) is 9. The van der Waals surface area contributed by atoms with E-state index in [0.29, 0.717) is 28.5 Å². The van der Waals surface area contributed by atoms with Crippen molar-refractivity contribution in [1.82, 2.24) is 10.2 Å². The zero-order valence-corrected chi connectivity index (χ0v) is 18.0. The van der Waals surface area contributed by atoms with Crippen LogP contribution in [0.4, 0.5) is 5.13 Å². The fourth-order valence-electron chi connectivity index (χ4n) is 3.72. The van der Waals surface area contributed by atoms with Gasteiger partial charge in [0.2, 0.25) is 5.13 Å². The van der Waals surface area contributed by atoms with Crippen LogP contribution >= 0.6 is 34.4 Å². The third-order valence-electron chi connectivity index (χ3n) is 4.93. The third kappa shape index (κ3) is 3.05. The first-order chi connectivity index (χ1) is 13.6. The van der Waals surface area contributed by atoms with Crippen molar-refractivity contribution in [3.63, 3.8) is 0 Å². The number of nitrogens with two attached hydrogens (primary N) is 1. The highest BCUT2D eigenvalue weighted by atomic mass is 32.2. The zero-order chi connectivity index (χ0) is 19.8. The lowest BCUT2D eigenvalue weighted by Crippen LogP contribution is -2.38. The van der Waals surface area contributed by atoms with Crippen molar-refractivity contribution in [2.75, 3.05) is 10.7 Å². The van der Waals surface area contributed by atoms with Crippen molar-refractivity contribution in [1.29, 1.82) is 5.26 Å². The molecule has 0 aromatic carbocycles. The molecule has 1 unspecified atom stereocenters. The van der Waals surface area contributed by atoms with Gasteiger partial charge >= 0.3 is 0 Å². The number of carbonyl (C=O) groups excluding carboxylic acids is 1. The zero-order valence-electron chi connectivity index (χ0n) is 15.6. The van der Waals surface area contributed by atoms with Crippen LogP contribution in [0.5, 0.6) is 0 Å². The Balaban J connectivity index is 1.92. The molecule has 0 bridgehead atoms. The lowest BCUT2D eigenvalue weighted by Gasteiger charge is -2.37. The second-order valence-corrected chi connectivity index (χ2v) is 9.98. The topological polar surface area (TPSA) is 95.9 Å². The normalized spacial score (nSPS) is 19.8. The van der Waals surface area contributed by atoms with Crippen LogP contribution < -0.4 is 10.6 Å². The largest absolute Gasteiger partial charge is 0.384 e. The van der Waals surface area contributed by atoms with E-state index in [1.165, 1.54) is 11.3 Å². The molecule has 3 heterocycles. The Morgan fingerprint density at radius 3 is 2.93 bits per heavy atom. The number of nitriles is 1. The standard InChI is InChI=1S/C19H19N5OS3/c1-3-26-19-23-22-18(28-19)24-12-5-4-6-13(25)15(12)14(11(9-20)17(24)21)16-10(2)7-8-27-16/h7-8,14H,3-6,21H2,1-2H3. The van der Waals surface area contributed by atoms with Gasteiger partial charge in [0.1, 0.15) is 5.82 Å². The van der Waals surface area contributed by atoms with Crippen molar-refractivity contribution in [2.24, 2.45) is 5.73 Å². The first kappa shape index (κ1) is 19.2. The van der Waals surface area contributed by atoms with Gasteiger partial charge in [-0.15, -0.1) is 21.5 Å². The molecule has 0 saturated carbocycles. The predicted molar refractivity (Wildman–Crippen MR) is 113 cm³/mol. The maximum absolute atomic E-state index is 13.0. The van der Waals surface area contributed by atoms with Gasteiger partial charge in [-0.1, -0.05) is 30.0 Å². The molecule has 0 spiro atoms. The molecule has 2 aliphatic rings. The Labute approximate surface area is 175 Å². The minimum atomic E-state index is -0.388. The van der Waals surface area contributed by atoms with E-state index in [1.807, 2.05) is 18.4 Å². The van der Waals surface area contributed by atoms with Crippen molar-refractivity contribution >= 4 is 45.4 Å². The van der Waals surface area contributed by atoms with Gasteiger partial charge in [0.15, 0.2) is 10.1 Å². The number of anilines is 1. The molecule has 9 heteroatoms. The average Bonchev–Trinajstić information content (AvgIpc) is 3.30. The molecule has 4 rings (SSSR count). The van der Waals surface area contributed by atoms with Gasteiger partial charge in [0.25, 0.3) is 0 Å². The van der Waals surface area contributed by atoms with Crippen molar-refractivity contribution in [2.45, 2.75) is 43.4 Å². The molecule has 1 aliphatic carbocycles. The average molecular weight is 430 g/mol. The Bertz CT molecular complexity index is 1040. The van der Waals surface area contributed by atoms with Crippen LogP contribution in [-0.2, 0) is 4.79 Å². The van der Waals surface area contributed by atoms with Crippen molar-refractivity contribution < 1.29 is 4.79 Å². The fraction of sp³-hybridized carbons (Fsp3) is 0.368. The minimum absolute atomic E-state index is 0.0944. The van der Waals surface area contributed by atoms with Gasteiger partial charge in [-0.2, -0.15) is 5.26 Å². The molecule has 144 valence electrons. The quantitative estimate of drug-likeness (QED) is 0.723. The number of ketones is 1. The Kier molecular flexibility index (Phi) is 5.27. The van der Waals surface area contributed by atoms with Crippen molar-refractivity contribution in [3.05, 3.63) is 44.6 Å². The Morgan fingerprint density at radius 2 is 2.25 bits per heavy atom. The summed E-state index contributed by atoms with van der Waals surface area (Å²) in [6.45, 7) is 4.07. The molecule has 2 aromatic rings. The molecule has 0 amide bonds. The van der Waals surface area contributed by atoms with Crippen LogP contribution in [0.3, 0.4) is 0 Å². The second kappa shape index (κ2) is 7.70. The first-order valence-corrected chi connectivity index (χ1v) is 11.7. The van der Waals surface area contributed by atoms with Crippen LogP contribution in [0.1, 0.15) is 42.5 Å². The number of thioether (sulfide) groups is 1. The van der Waals surface area contributed by atoms with E-state index in [4.69, 9.17) is 5.73 Å². The molecule has 28 heavy (non-hydrogen) atoms. The highest BCUT2D eigenvalue weighted by Gasteiger charge is 2.42. The number of aromatic nitrogens is 2. The number of hydrogen-bond donors (Lipinski definition) is 1. The highest BCUT2D eigenvalue weighted by molar-refractivity contribution is 8.01. The second-order valence-electron chi connectivity index (χ2n) is 6.57. The number of carbonyl (C=O) groups is 1. The molecule has 0 fully saturated rings. The van der Waals surface area contributed by atoms with E-state index < -0.39 is 0 Å². The minimum Gasteiger partial charge on any atom is -0.384 e. The summed E-state index contributed by atoms with van der Waals surface area (Å²) >= 11 is 4.62. The van der Waals surface area contributed by atoms with E-state index in [2.05, 4.69) is 23.2 Å². The summed E-state index contributed by atoms with van der Waals surface area (Å²) in [6.07, 6.45) is 2.01. The molecule has 0 radical (unpaired) electrons. The van der Waals surface area contributed by atoms with Crippen molar-refractivity contribution in [3.8, 4) is 6.07 Å². The number of rotatable bonds is 4. The maximum Gasteiger partial charge on any atom is 0.219 e. The summed E-state index contributed by atoms with van der Waals surface area (Å²) in [5, 5.41) is 21.1. The molecule has 1 atom stereocenters. The van der Waals surface area contributed by atoms with Crippen LogP contribution in [-0.4, -0.2) is 21.7 Å². The van der Waals surface area contributed by atoms with Gasteiger partial charge in [0.05, 0.1) is 17.6 Å². The number of nitrogens with zero attached hydrogens (tertiary/aromatic N) is 4. The Morgan fingerprint density at radius 1 is 1.43 bits per heavy atom. The van der Waals surface area contributed by atoms with E-state index >= 15 is 0 Å². The fourth-order valence-corrected chi connectivity index (χ4v) is 6.54. The summed E-state index contributed by atoms with van der Waals surface area (Å²) in [4.78, 5) is 15.8. The lowest BCUT2D eigenvalue weighted by atomic mass is 9.78. The monoisotopic (exact) mass is 429 g/mol. The molecular formula is C19H19N5OS3. The summed E-state index contributed by atoms with van der Waals surface area (Å²) in [5.74, 6) is 0.964. The van der Waals surface area contributed by atoms with Gasteiger partial charge in [-0.25, -0.2) is 0 Å². The van der Waals surface area contributed by atoms with E-state index in [0.717, 1.165) is 39.1 Å². The van der Waals surface area contributed by atoms with Gasteiger partial charge in [0, 0.05) is 22.6 Å². The number of aryl methyl sites for hydroxylation is 1.